The van der Waals surface area contributed by atoms with Gasteiger partial charge < -0.3 is 0 Å². The summed E-state index contributed by atoms with van der Waals surface area (Å²) in [6.45, 7) is 4.84. The highest BCUT2D eigenvalue weighted by Crippen LogP contribution is 2.43. The number of allylic oxidation sites excluding steroid dienone is 2. The van der Waals surface area contributed by atoms with E-state index in [1.807, 2.05) is 11.1 Å². The third-order valence-corrected chi connectivity index (χ3v) is 3.50. The molecule has 0 spiro atoms. The molecule has 0 radical (unpaired) electrons. The maximum absolute atomic E-state index is 2.42. The molecule has 0 heteroatoms. The lowest BCUT2D eigenvalue weighted by Crippen LogP contribution is -2.20. The highest BCUT2D eigenvalue weighted by atomic mass is 14.3. The number of hydrogen-bond donors (Lipinski definition) is 0. The lowest BCUT2D eigenvalue weighted by atomic mass is 9.70. The largest absolute Gasteiger partial charge is 0.0710 e. The molecular weight excluding hydrogens is 144 g/mol. The van der Waals surface area contributed by atoms with Crippen molar-refractivity contribution in [2.24, 2.45) is 5.41 Å². The second kappa shape index (κ2) is 2.90. The van der Waals surface area contributed by atoms with Gasteiger partial charge in [-0.1, -0.05) is 25.0 Å². The van der Waals surface area contributed by atoms with Gasteiger partial charge in [-0.15, -0.1) is 0 Å². The summed E-state index contributed by atoms with van der Waals surface area (Å²) >= 11 is 0. The van der Waals surface area contributed by atoms with E-state index in [0.29, 0.717) is 5.41 Å². The molecule has 2 aliphatic rings. The molecule has 0 unspecified atom stereocenters. The van der Waals surface area contributed by atoms with Gasteiger partial charge in [0.2, 0.25) is 0 Å². The van der Waals surface area contributed by atoms with Gasteiger partial charge in [0.15, 0.2) is 0 Å². The van der Waals surface area contributed by atoms with E-state index in [4.69, 9.17) is 0 Å². The van der Waals surface area contributed by atoms with Crippen molar-refractivity contribution in [2.45, 2.75) is 58.8 Å². The van der Waals surface area contributed by atoms with Crippen molar-refractivity contribution in [1.29, 1.82) is 0 Å². The molecule has 0 saturated carbocycles. The molecular formula is C12H20. The van der Waals surface area contributed by atoms with Gasteiger partial charge in [-0.25, -0.2) is 0 Å². The van der Waals surface area contributed by atoms with E-state index in [0.717, 1.165) is 0 Å². The van der Waals surface area contributed by atoms with Crippen LogP contribution in [-0.2, 0) is 0 Å². The summed E-state index contributed by atoms with van der Waals surface area (Å²) in [6, 6.07) is 0. The second-order valence-corrected chi connectivity index (χ2v) is 5.26. The first-order chi connectivity index (χ1) is 5.67. The minimum atomic E-state index is 0.607. The lowest BCUT2D eigenvalue weighted by Gasteiger charge is -2.35. The molecule has 0 fully saturated rings. The lowest BCUT2D eigenvalue weighted by molar-refractivity contribution is 0.299. The molecule has 0 aliphatic heterocycles. The standard InChI is InChI=1S/C12H20/c1-12(2)8-7-10-5-3-4-6-11(10)9-12/h3-9H2,1-2H3. The normalized spacial score (nSPS) is 28.5. The van der Waals surface area contributed by atoms with E-state index < -0.39 is 0 Å². The zero-order valence-electron chi connectivity index (χ0n) is 8.45. The quantitative estimate of drug-likeness (QED) is 0.473. The predicted molar refractivity (Wildman–Crippen MR) is 53.1 cm³/mol. The summed E-state index contributed by atoms with van der Waals surface area (Å²) in [4.78, 5) is 0. The summed E-state index contributed by atoms with van der Waals surface area (Å²) in [5.74, 6) is 0. The fourth-order valence-corrected chi connectivity index (χ4v) is 2.70. The molecule has 0 nitrogen and oxygen atoms in total. The van der Waals surface area contributed by atoms with E-state index >= 15 is 0 Å². The molecule has 0 bridgehead atoms. The first-order valence-electron chi connectivity index (χ1n) is 5.37. The Kier molecular flexibility index (Phi) is 2.02. The number of hydrogen-bond acceptors (Lipinski definition) is 0. The predicted octanol–water partition coefficient (Wildman–Crippen LogP) is 4.07. The molecule has 0 N–H and O–H groups in total. The Morgan fingerprint density at radius 1 is 0.917 bits per heavy atom. The average Bonchev–Trinajstić information content (AvgIpc) is 2.02. The molecule has 0 atom stereocenters. The fourth-order valence-electron chi connectivity index (χ4n) is 2.70. The summed E-state index contributed by atoms with van der Waals surface area (Å²) in [5, 5.41) is 0. The zero-order chi connectivity index (χ0) is 8.60. The summed E-state index contributed by atoms with van der Waals surface area (Å²) in [6.07, 6.45) is 9.97. The maximum atomic E-state index is 2.42. The molecule has 0 aromatic heterocycles. The summed E-state index contributed by atoms with van der Waals surface area (Å²) in [5.41, 5.74) is 4.27. The summed E-state index contributed by atoms with van der Waals surface area (Å²) in [7, 11) is 0. The maximum Gasteiger partial charge on any atom is -0.0266 e. The van der Waals surface area contributed by atoms with Gasteiger partial charge in [-0.05, 0) is 50.4 Å². The van der Waals surface area contributed by atoms with Gasteiger partial charge in [0, 0.05) is 0 Å². The van der Waals surface area contributed by atoms with Gasteiger partial charge in [-0.3, -0.25) is 0 Å². The number of rotatable bonds is 0. The molecule has 2 rings (SSSR count). The first-order valence-corrected chi connectivity index (χ1v) is 5.37. The third kappa shape index (κ3) is 1.57. The first kappa shape index (κ1) is 8.34. The summed E-state index contributed by atoms with van der Waals surface area (Å²) < 4.78 is 0. The van der Waals surface area contributed by atoms with Crippen molar-refractivity contribution in [2.75, 3.05) is 0 Å². The Balaban J connectivity index is 2.16. The molecule has 0 aromatic carbocycles. The molecule has 2 aliphatic carbocycles. The van der Waals surface area contributed by atoms with Crippen molar-refractivity contribution in [3.05, 3.63) is 11.1 Å². The van der Waals surface area contributed by atoms with Crippen LogP contribution < -0.4 is 0 Å². The molecule has 0 amide bonds. The van der Waals surface area contributed by atoms with E-state index in [2.05, 4.69) is 13.8 Å². The Bertz CT molecular complexity index is 208. The second-order valence-electron chi connectivity index (χ2n) is 5.26. The highest BCUT2D eigenvalue weighted by molar-refractivity contribution is 5.21. The minimum absolute atomic E-state index is 0.607. The van der Waals surface area contributed by atoms with Crippen molar-refractivity contribution >= 4 is 0 Å². The third-order valence-electron chi connectivity index (χ3n) is 3.50. The van der Waals surface area contributed by atoms with Crippen LogP contribution in [0.4, 0.5) is 0 Å². The van der Waals surface area contributed by atoms with Crippen molar-refractivity contribution in [1.82, 2.24) is 0 Å². The van der Waals surface area contributed by atoms with Gasteiger partial charge in [-0.2, -0.15) is 0 Å². The van der Waals surface area contributed by atoms with Crippen molar-refractivity contribution < 1.29 is 0 Å². The molecule has 0 heterocycles. The van der Waals surface area contributed by atoms with Crippen LogP contribution in [0.15, 0.2) is 11.1 Å². The van der Waals surface area contributed by atoms with Crippen LogP contribution in [0.3, 0.4) is 0 Å². The Morgan fingerprint density at radius 3 is 2.33 bits per heavy atom. The smallest absolute Gasteiger partial charge is 0.0266 e. The van der Waals surface area contributed by atoms with Gasteiger partial charge in [0.25, 0.3) is 0 Å². The monoisotopic (exact) mass is 164 g/mol. The van der Waals surface area contributed by atoms with Crippen LogP contribution in [-0.4, -0.2) is 0 Å². The molecule has 0 aromatic rings. The van der Waals surface area contributed by atoms with Crippen LogP contribution in [0.5, 0.6) is 0 Å². The van der Waals surface area contributed by atoms with Crippen LogP contribution >= 0.6 is 0 Å². The van der Waals surface area contributed by atoms with Gasteiger partial charge in [0.05, 0.1) is 0 Å². The highest BCUT2D eigenvalue weighted by Gasteiger charge is 2.27. The topological polar surface area (TPSA) is 0 Å². The van der Waals surface area contributed by atoms with Crippen LogP contribution in [0, 0.1) is 5.41 Å². The zero-order valence-corrected chi connectivity index (χ0v) is 8.45. The average molecular weight is 164 g/mol. The molecule has 68 valence electrons. The van der Waals surface area contributed by atoms with E-state index in [9.17, 15) is 0 Å². The fraction of sp³-hybridized carbons (Fsp3) is 0.833. The SMILES string of the molecule is CC1(C)CCC2=C(CCCC2)C1. The molecule has 0 saturated heterocycles. The van der Waals surface area contributed by atoms with Crippen LogP contribution in [0.25, 0.3) is 0 Å². The van der Waals surface area contributed by atoms with Crippen LogP contribution in [0.1, 0.15) is 58.8 Å². The van der Waals surface area contributed by atoms with Gasteiger partial charge in [0.1, 0.15) is 0 Å². The Morgan fingerprint density at radius 2 is 1.58 bits per heavy atom. The minimum Gasteiger partial charge on any atom is -0.0710 e. The molecule has 12 heavy (non-hydrogen) atoms. The van der Waals surface area contributed by atoms with Crippen molar-refractivity contribution in [3.8, 4) is 0 Å². The Labute approximate surface area is 76.1 Å². The van der Waals surface area contributed by atoms with E-state index in [1.165, 1.54) is 44.9 Å². The van der Waals surface area contributed by atoms with E-state index in [-0.39, 0.29) is 0 Å². The van der Waals surface area contributed by atoms with Crippen molar-refractivity contribution in [3.63, 3.8) is 0 Å². The van der Waals surface area contributed by atoms with Gasteiger partial charge >= 0.3 is 0 Å². The van der Waals surface area contributed by atoms with E-state index in [1.54, 1.807) is 0 Å². The Hall–Kier alpha value is -0.260. The van der Waals surface area contributed by atoms with Crippen LogP contribution in [0.2, 0.25) is 0 Å².